The van der Waals surface area contributed by atoms with Crippen LogP contribution in [0, 0.1) is 11.6 Å². The third-order valence-electron chi connectivity index (χ3n) is 2.84. The zero-order valence-electron chi connectivity index (χ0n) is 13.0. The number of hydrogen-bond acceptors (Lipinski definition) is 3. The van der Waals surface area contributed by atoms with Crippen molar-refractivity contribution in [2.24, 2.45) is 4.99 Å². The van der Waals surface area contributed by atoms with Gasteiger partial charge in [-0.3, -0.25) is 4.99 Å². The van der Waals surface area contributed by atoms with Crippen LogP contribution in [0.3, 0.4) is 0 Å². The van der Waals surface area contributed by atoms with Gasteiger partial charge in [-0.25, -0.2) is 8.78 Å². The maximum absolute atomic E-state index is 13.3. The van der Waals surface area contributed by atoms with Gasteiger partial charge >= 0.3 is 0 Å². The number of halogens is 2. The van der Waals surface area contributed by atoms with Crippen molar-refractivity contribution < 1.29 is 13.5 Å². The molecule has 0 bridgehead atoms. The van der Waals surface area contributed by atoms with Gasteiger partial charge in [0.1, 0.15) is 12.4 Å². The molecular formula is C15H23F2N3OS. The van der Waals surface area contributed by atoms with Crippen LogP contribution in [0.1, 0.15) is 12.8 Å². The van der Waals surface area contributed by atoms with Gasteiger partial charge in [-0.2, -0.15) is 11.8 Å². The average molecular weight is 331 g/mol. The smallest absolute Gasteiger partial charge is 0.191 e. The summed E-state index contributed by atoms with van der Waals surface area (Å²) in [6, 6.07) is 3.25. The summed E-state index contributed by atoms with van der Waals surface area (Å²) in [4.78, 5) is 4.09. The average Bonchev–Trinajstić information content (AvgIpc) is 2.51. The minimum atomic E-state index is -0.698. The molecule has 0 aromatic heterocycles. The molecule has 0 aliphatic carbocycles. The molecule has 0 unspecified atom stereocenters. The van der Waals surface area contributed by atoms with Gasteiger partial charge in [0, 0.05) is 19.7 Å². The van der Waals surface area contributed by atoms with Crippen LogP contribution in [0.2, 0.25) is 0 Å². The van der Waals surface area contributed by atoms with E-state index in [1.165, 1.54) is 12.1 Å². The first-order chi connectivity index (χ1) is 10.7. The zero-order valence-corrected chi connectivity index (χ0v) is 13.8. The summed E-state index contributed by atoms with van der Waals surface area (Å²) in [6.07, 6.45) is 4.34. The van der Waals surface area contributed by atoms with Gasteiger partial charge in [0.2, 0.25) is 0 Å². The predicted octanol–water partition coefficient (Wildman–Crippen LogP) is 2.65. The quantitative estimate of drug-likeness (QED) is 0.415. The van der Waals surface area contributed by atoms with Crippen LogP contribution >= 0.6 is 11.8 Å². The zero-order chi connectivity index (χ0) is 16.2. The van der Waals surface area contributed by atoms with E-state index in [4.69, 9.17) is 4.74 Å². The van der Waals surface area contributed by atoms with Crippen LogP contribution in [0.5, 0.6) is 5.75 Å². The lowest BCUT2D eigenvalue weighted by Crippen LogP contribution is -2.39. The number of thioether (sulfide) groups is 1. The summed E-state index contributed by atoms with van der Waals surface area (Å²) in [7, 11) is 1.69. The second-order valence-corrected chi connectivity index (χ2v) is 5.53. The maximum Gasteiger partial charge on any atom is 0.191 e. The van der Waals surface area contributed by atoms with Crippen molar-refractivity contribution in [2.75, 3.05) is 38.8 Å². The minimum absolute atomic E-state index is 0.0446. The van der Waals surface area contributed by atoms with Gasteiger partial charge in [-0.1, -0.05) is 0 Å². The first-order valence-corrected chi connectivity index (χ1v) is 8.58. The normalized spacial score (nSPS) is 11.4. The summed E-state index contributed by atoms with van der Waals surface area (Å²) in [5, 5.41) is 6.27. The summed E-state index contributed by atoms with van der Waals surface area (Å²) in [5.74, 6) is 0.575. The number of aliphatic imine (C=N–C) groups is 1. The molecule has 1 rings (SSSR count). The minimum Gasteiger partial charge on any atom is -0.489 e. The number of ether oxygens (including phenoxy) is 1. The molecule has 0 heterocycles. The fourth-order valence-electron chi connectivity index (χ4n) is 1.72. The Hall–Kier alpha value is -1.50. The second-order valence-electron chi connectivity index (χ2n) is 4.55. The molecule has 0 aliphatic rings. The Morgan fingerprint density at radius 2 is 2.00 bits per heavy atom. The fraction of sp³-hybridized carbons (Fsp3) is 0.533. The van der Waals surface area contributed by atoms with E-state index in [1.807, 2.05) is 11.8 Å². The third kappa shape index (κ3) is 7.49. The van der Waals surface area contributed by atoms with E-state index in [-0.39, 0.29) is 12.4 Å². The van der Waals surface area contributed by atoms with Gasteiger partial charge in [0.15, 0.2) is 17.5 Å². The van der Waals surface area contributed by atoms with Crippen molar-refractivity contribution >= 4 is 17.7 Å². The molecule has 22 heavy (non-hydrogen) atoms. The predicted molar refractivity (Wildman–Crippen MR) is 88.8 cm³/mol. The highest BCUT2D eigenvalue weighted by molar-refractivity contribution is 7.98. The molecule has 1 aromatic carbocycles. The molecule has 4 nitrogen and oxygen atoms in total. The molecule has 0 spiro atoms. The highest BCUT2D eigenvalue weighted by Crippen LogP contribution is 2.17. The highest BCUT2D eigenvalue weighted by Gasteiger charge is 2.04. The SMILES string of the molecule is CN=C(NCCCCSC)NCCOc1ccc(F)cc1F. The van der Waals surface area contributed by atoms with Gasteiger partial charge in [-0.15, -0.1) is 0 Å². The number of nitrogens with one attached hydrogen (secondary N) is 2. The van der Waals surface area contributed by atoms with Crippen molar-refractivity contribution in [2.45, 2.75) is 12.8 Å². The van der Waals surface area contributed by atoms with E-state index in [9.17, 15) is 8.78 Å². The van der Waals surface area contributed by atoms with Crippen molar-refractivity contribution in [1.82, 2.24) is 10.6 Å². The molecular weight excluding hydrogens is 308 g/mol. The van der Waals surface area contributed by atoms with Crippen molar-refractivity contribution in [3.05, 3.63) is 29.8 Å². The maximum atomic E-state index is 13.3. The summed E-state index contributed by atoms with van der Waals surface area (Å²) >= 11 is 1.84. The van der Waals surface area contributed by atoms with E-state index in [0.717, 1.165) is 31.2 Å². The summed E-state index contributed by atoms with van der Waals surface area (Å²) in [5.41, 5.74) is 0. The van der Waals surface area contributed by atoms with Gasteiger partial charge in [0.25, 0.3) is 0 Å². The number of hydrogen-bond donors (Lipinski definition) is 2. The van der Waals surface area contributed by atoms with E-state index in [1.54, 1.807) is 7.05 Å². The standard InChI is InChI=1S/C15H23F2N3OS/c1-18-15(19-7-3-4-10-22-2)20-8-9-21-14-6-5-12(16)11-13(14)17/h5-6,11H,3-4,7-10H2,1-2H3,(H2,18,19,20). The topological polar surface area (TPSA) is 45.7 Å². The molecule has 0 saturated carbocycles. The lowest BCUT2D eigenvalue weighted by Gasteiger charge is -2.12. The number of rotatable bonds is 9. The van der Waals surface area contributed by atoms with Gasteiger partial charge in [-0.05, 0) is 37.0 Å². The molecule has 0 radical (unpaired) electrons. The Bertz CT molecular complexity index is 472. The molecule has 0 fully saturated rings. The van der Waals surface area contributed by atoms with E-state index < -0.39 is 11.6 Å². The number of benzene rings is 1. The lowest BCUT2D eigenvalue weighted by molar-refractivity contribution is 0.304. The van der Waals surface area contributed by atoms with Crippen molar-refractivity contribution in [3.8, 4) is 5.75 Å². The van der Waals surface area contributed by atoms with Crippen LogP contribution < -0.4 is 15.4 Å². The van der Waals surface area contributed by atoms with Crippen LogP contribution in [0.25, 0.3) is 0 Å². The van der Waals surface area contributed by atoms with Crippen LogP contribution in [-0.4, -0.2) is 44.7 Å². The van der Waals surface area contributed by atoms with Crippen LogP contribution in [-0.2, 0) is 0 Å². The molecule has 0 amide bonds. The second kappa shape index (κ2) is 11.1. The van der Waals surface area contributed by atoms with Crippen LogP contribution in [0.4, 0.5) is 8.78 Å². The molecule has 0 atom stereocenters. The molecule has 7 heteroatoms. The van der Waals surface area contributed by atoms with Crippen molar-refractivity contribution in [1.29, 1.82) is 0 Å². The first-order valence-electron chi connectivity index (χ1n) is 7.18. The summed E-state index contributed by atoms with van der Waals surface area (Å²) < 4.78 is 31.4. The Kier molecular flexibility index (Phi) is 9.37. The number of nitrogens with zero attached hydrogens (tertiary/aromatic N) is 1. The molecule has 1 aromatic rings. The monoisotopic (exact) mass is 331 g/mol. The molecule has 124 valence electrons. The van der Waals surface area contributed by atoms with Crippen molar-refractivity contribution in [3.63, 3.8) is 0 Å². The van der Waals surface area contributed by atoms with Gasteiger partial charge in [0.05, 0.1) is 6.54 Å². The Morgan fingerprint density at radius 3 is 2.68 bits per heavy atom. The Labute approximate surface area is 134 Å². The third-order valence-corrected chi connectivity index (χ3v) is 3.53. The molecule has 2 N–H and O–H groups in total. The Morgan fingerprint density at radius 1 is 1.23 bits per heavy atom. The van der Waals surface area contributed by atoms with Crippen LogP contribution in [0.15, 0.2) is 23.2 Å². The largest absolute Gasteiger partial charge is 0.489 e. The molecule has 0 aliphatic heterocycles. The first kappa shape index (κ1) is 18.5. The Balaban J connectivity index is 2.19. The summed E-state index contributed by atoms with van der Waals surface area (Å²) in [6.45, 7) is 1.59. The highest BCUT2D eigenvalue weighted by atomic mass is 32.2. The fourth-order valence-corrected chi connectivity index (χ4v) is 2.21. The lowest BCUT2D eigenvalue weighted by atomic mass is 10.3. The number of unbranched alkanes of at least 4 members (excludes halogenated alkanes) is 1. The number of guanidine groups is 1. The van der Waals surface area contributed by atoms with E-state index in [2.05, 4.69) is 21.9 Å². The van der Waals surface area contributed by atoms with E-state index in [0.29, 0.717) is 12.5 Å². The molecule has 0 saturated heterocycles. The van der Waals surface area contributed by atoms with Gasteiger partial charge < -0.3 is 15.4 Å². The van der Waals surface area contributed by atoms with E-state index >= 15 is 0 Å².